The van der Waals surface area contributed by atoms with Gasteiger partial charge >= 0.3 is 6.85 Å². The number of hydrogen-bond acceptors (Lipinski definition) is 3. The van der Waals surface area contributed by atoms with E-state index < -0.39 is 0 Å². The number of nitrogens with zero attached hydrogens (tertiary/aromatic N) is 3. The number of aromatic nitrogens is 2. The molecule has 0 spiro atoms. The SMILES string of the molecule is CB1C=c2c(oc3nc(C)ccc23)=CN1c1cc(C)c(-c2ccccc2)c[n+]1C. The third-order valence-corrected chi connectivity index (χ3v) is 5.67. The first-order chi connectivity index (χ1) is 14.0. The van der Waals surface area contributed by atoms with E-state index in [9.17, 15) is 0 Å². The van der Waals surface area contributed by atoms with Crippen LogP contribution in [0.1, 0.15) is 11.3 Å². The van der Waals surface area contributed by atoms with Gasteiger partial charge in [-0.2, -0.15) is 0 Å². The second kappa shape index (κ2) is 6.62. The van der Waals surface area contributed by atoms with Crippen LogP contribution in [0.3, 0.4) is 0 Å². The standard InChI is InChI=1S/C24H23BN3O/c1-16-12-23(27(4)14-21(16)18-8-6-5-7-9-18)28-15-22-20(13-25(28)3)19-11-10-17(2)26-24(19)29-22/h5-15H,1-4H3/q+1. The maximum atomic E-state index is 6.09. The summed E-state index contributed by atoms with van der Waals surface area (Å²) in [6.45, 7) is 6.57. The Morgan fingerprint density at radius 1 is 1.07 bits per heavy atom. The monoisotopic (exact) mass is 380 g/mol. The Morgan fingerprint density at radius 2 is 1.86 bits per heavy atom. The highest BCUT2D eigenvalue weighted by Gasteiger charge is 2.30. The van der Waals surface area contributed by atoms with E-state index in [0.717, 1.165) is 27.5 Å². The van der Waals surface area contributed by atoms with E-state index in [1.54, 1.807) is 0 Å². The molecule has 0 saturated carbocycles. The minimum Gasteiger partial charge on any atom is -0.434 e. The van der Waals surface area contributed by atoms with Crippen molar-refractivity contribution in [3.63, 3.8) is 0 Å². The number of pyridine rings is 2. The van der Waals surface area contributed by atoms with Gasteiger partial charge in [-0.05, 0) is 43.9 Å². The van der Waals surface area contributed by atoms with Crippen molar-refractivity contribution in [3.8, 4) is 11.1 Å². The number of benzene rings is 1. The fourth-order valence-corrected chi connectivity index (χ4v) is 4.13. The molecule has 29 heavy (non-hydrogen) atoms. The maximum Gasteiger partial charge on any atom is 0.402 e. The molecule has 1 aliphatic rings. The quantitative estimate of drug-likeness (QED) is 0.396. The fourth-order valence-electron chi connectivity index (χ4n) is 4.13. The Morgan fingerprint density at radius 3 is 2.66 bits per heavy atom. The second-order valence-electron chi connectivity index (χ2n) is 7.83. The Balaban J connectivity index is 1.64. The van der Waals surface area contributed by atoms with Crippen molar-refractivity contribution < 1.29 is 8.98 Å². The van der Waals surface area contributed by atoms with E-state index in [4.69, 9.17) is 4.42 Å². The third-order valence-electron chi connectivity index (χ3n) is 5.67. The molecular formula is C24H23BN3O+. The van der Waals surface area contributed by atoms with Crippen LogP contribution in [0.25, 0.3) is 34.4 Å². The number of anilines is 1. The number of hydrogen-bond donors (Lipinski definition) is 0. The highest BCUT2D eigenvalue weighted by molar-refractivity contribution is 6.77. The van der Waals surface area contributed by atoms with Crippen LogP contribution >= 0.6 is 0 Å². The average Bonchev–Trinajstić information content (AvgIpc) is 3.06. The molecule has 0 amide bonds. The molecule has 5 rings (SSSR count). The molecule has 0 saturated heterocycles. The smallest absolute Gasteiger partial charge is 0.402 e. The molecule has 0 atom stereocenters. The van der Waals surface area contributed by atoms with Crippen LogP contribution in [0.5, 0.6) is 0 Å². The molecule has 4 aromatic rings. The molecule has 142 valence electrons. The van der Waals surface area contributed by atoms with E-state index in [2.05, 4.69) is 96.0 Å². The normalized spacial score (nSPS) is 13.2. The highest BCUT2D eigenvalue weighted by atomic mass is 16.3. The van der Waals surface area contributed by atoms with E-state index in [1.807, 2.05) is 13.0 Å². The lowest BCUT2D eigenvalue weighted by Crippen LogP contribution is -2.47. The second-order valence-corrected chi connectivity index (χ2v) is 7.83. The first kappa shape index (κ1) is 17.7. The lowest BCUT2D eigenvalue weighted by molar-refractivity contribution is -0.657. The number of aryl methyl sites for hydroxylation is 3. The fraction of sp³-hybridized carbons (Fsp3) is 0.167. The van der Waals surface area contributed by atoms with Crippen molar-refractivity contribution >= 4 is 35.9 Å². The van der Waals surface area contributed by atoms with Gasteiger partial charge in [-0.3, -0.25) is 4.81 Å². The minimum absolute atomic E-state index is 0.206. The van der Waals surface area contributed by atoms with E-state index in [-0.39, 0.29) is 6.85 Å². The molecule has 0 N–H and O–H groups in total. The van der Waals surface area contributed by atoms with Gasteiger partial charge in [0.25, 0.3) is 5.82 Å². The first-order valence-electron chi connectivity index (χ1n) is 9.95. The minimum atomic E-state index is 0.206. The molecule has 4 nitrogen and oxygen atoms in total. The van der Waals surface area contributed by atoms with Crippen LogP contribution < -0.4 is 20.0 Å². The van der Waals surface area contributed by atoms with Gasteiger partial charge in [-0.25, -0.2) is 9.55 Å². The molecule has 1 aromatic carbocycles. The molecular weight excluding hydrogens is 357 g/mol. The van der Waals surface area contributed by atoms with Crippen LogP contribution in [-0.4, -0.2) is 11.8 Å². The lowest BCUT2D eigenvalue weighted by atomic mass is 9.61. The van der Waals surface area contributed by atoms with Gasteiger partial charge in [0.1, 0.15) is 6.20 Å². The summed E-state index contributed by atoms with van der Waals surface area (Å²) < 4.78 is 8.27. The molecule has 4 heterocycles. The Kier molecular flexibility index (Phi) is 4.05. The van der Waals surface area contributed by atoms with Gasteiger partial charge in [-0.1, -0.05) is 36.3 Å². The maximum absolute atomic E-state index is 6.09. The zero-order chi connectivity index (χ0) is 20.1. The van der Waals surface area contributed by atoms with Crippen molar-refractivity contribution in [2.24, 2.45) is 7.05 Å². The summed E-state index contributed by atoms with van der Waals surface area (Å²) in [6.07, 6.45) is 4.31. The third kappa shape index (κ3) is 2.94. The topological polar surface area (TPSA) is 33.2 Å². The number of furan rings is 1. The average molecular weight is 380 g/mol. The molecule has 3 aromatic heterocycles. The van der Waals surface area contributed by atoms with Crippen LogP contribution in [0.15, 0.2) is 59.1 Å². The summed E-state index contributed by atoms with van der Waals surface area (Å²) in [6, 6.07) is 16.9. The summed E-state index contributed by atoms with van der Waals surface area (Å²) in [5.41, 5.74) is 6.26. The lowest BCUT2D eigenvalue weighted by Gasteiger charge is -2.20. The van der Waals surface area contributed by atoms with Gasteiger partial charge in [0.05, 0.1) is 13.2 Å². The summed E-state index contributed by atoms with van der Waals surface area (Å²) in [5, 5.41) is 2.21. The zero-order valence-electron chi connectivity index (χ0n) is 17.2. The highest BCUT2D eigenvalue weighted by Crippen LogP contribution is 2.25. The van der Waals surface area contributed by atoms with Crippen LogP contribution in [0.4, 0.5) is 5.82 Å². The van der Waals surface area contributed by atoms with E-state index in [0.29, 0.717) is 5.71 Å². The molecule has 5 heteroatoms. The Hall–Kier alpha value is -3.34. The number of rotatable bonds is 2. The summed E-state index contributed by atoms with van der Waals surface area (Å²) in [7, 11) is 2.10. The van der Waals surface area contributed by atoms with Crippen molar-refractivity contribution in [1.82, 2.24) is 4.98 Å². The van der Waals surface area contributed by atoms with Crippen LogP contribution in [0, 0.1) is 13.8 Å². The molecule has 0 fully saturated rings. The summed E-state index contributed by atoms with van der Waals surface area (Å²) in [5.74, 6) is 3.39. The van der Waals surface area contributed by atoms with Crippen molar-refractivity contribution in [2.75, 3.05) is 4.81 Å². The number of fused-ring (bicyclic) bond motifs is 3. The van der Waals surface area contributed by atoms with Crippen molar-refractivity contribution in [1.29, 1.82) is 0 Å². The molecule has 0 aliphatic carbocycles. The molecule has 0 radical (unpaired) electrons. The summed E-state index contributed by atoms with van der Waals surface area (Å²) in [4.78, 5) is 6.81. The van der Waals surface area contributed by atoms with Gasteiger partial charge < -0.3 is 4.42 Å². The van der Waals surface area contributed by atoms with Gasteiger partial charge in [0.2, 0.25) is 5.71 Å². The molecule has 1 aliphatic heterocycles. The molecule has 0 unspecified atom stereocenters. The predicted octanol–water partition coefficient (Wildman–Crippen LogP) is 3.14. The van der Waals surface area contributed by atoms with E-state index >= 15 is 0 Å². The zero-order valence-corrected chi connectivity index (χ0v) is 17.2. The first-order valence-corrected chi connectivity index (χ1v) is 9.95. The van der Waals surface area contributed by atoms with Crippen molar-refractivity contribution in [3.05, 3.63) is 76.6 Å². The Labute approximate surface area is 170 Å². The van der Waals surface area contributed by atoms with Crippen LogP contribution in [-0.2, 0) is 7.05 Å². The van der Waals surface area contributed by atoms with Crippen molar-refractivity contribution in [2.45, 2.75) is 20.7 Å². The predicted molar refractivity (Wildman–Crippen MR) is 119 cm³/mol. The van der Waals surface area contributed by atoms with Crippen LogP contribution in [0.2, 0.25) is 6.82 Å². The van der Waals surface area contributed by atoms with Gasteiger partial charge in [0.15, 0.2) is 5.42 Å². The Bertz CT molecular complexity index is 1360. The summed E-state index contributed by atoms with van der Waals surface area (Å²) >= 11 is 0. The molecule has 0 bridgehead atoms. The largest absolute Gasteiger partial charge is 0.434 e. The van der Waals surface area contributed by atoms with Gasteiger partial charge in [-0.15, -0.1) is 0 Å². The van der Waals surface area contributed by atoms with E-state index in [1.165, 1.54) is 16.7 Å². The van der Waals surface area contributed by atoms with Gasteiger partial charge in [0, 0.05) is 27.9 Å².